The molecule has 1 aromatic carbocycles. The summed E-state index contributed by atoms with van der Waals surface area (Å²) in [5, 5.41) is 14.9. The molecule has 0 radical (unpaired) electrons. The maximum atomic E-state index is 12.0. The van der Waals surface area contributed by atoms with Crippen molar-refractivity contribution in [3.05, 3.63) is 59.0 Å². The number of aliphatic hydroxyl groups is 1. The van der Waals surface area contributed by atoms with E-state index in [1.54, 1.807) is 6.26 Å². The second-order valence-electron chi connectivity index (χ2n) is 5.87. The van der Waals surface area contributed by atoms with Crippen LogP contribution in [0.1, 0.15) is 41.3 Å². The summed E-state index contributed by atoms with van der Waals surface area (Å²) in [6.45, 7) is 0.633. The van der Waals surface area contributed by atoms with Gasteiger partial charge in [-0.05, 0) is 36.5 Å². The molecule has 1 unspecified atom stereocenters. The summed E-state index contributed by atoms with van der Waals surface area (Å²) in [6, 6.07) is 9.60. The van der Waals surface area contributed by atoms with Crippen LogP contribution in [-0.2, 0) is 19.4 Å². The van der Waals surface area contributed by atoms with Crippen LogP contribution in [0.25, 0.3) is 0 Å². The Balaban J connectivity index is 1.45. The Bertz CT molecular complexity index is 649. The van der Waals surface area contributed by atoms with Crippen LogP contribution in [0.15, 0.2) is 41.0 Å². The van der Waals surface area contributed by atoms with Gasteiger partial charge in [-0.1, -0.05) is 24.3 Å². The van der Waals surface area contributed by atoms with Gasteiger partial charge in [0.1, 0.15) is 5.76 Å². The Hall–Kier alpha value is -2.27. The molecule has 1 aromatic heterocycles. The summed E-state index contributed by atoms with van der Waals surface area (Å²) in [5.41, 5.74) is 3.14. The van der Waals surface area contributed by atoms with Gasteiger partial charge in [0.15, 0.2) is 0 Å². The zero-order valence-corrected chi connectivity index (χ0v) is 13.0. The van der Waals surface area contributed by atoms with Crippen LogP contribution in [0.3, 0.4) is 0 Å². The first kappa shape index (κ1) is 15.6. The number of rotatable bonds is 5. The minimum Gasteiger partial charge on any atom is -0.469 e. The highest BCUT2D eigenvalue weighted by Gasteiger charge is 2.23. The van der Waals surface area contributed by atoms with E-state index in [-0.39, 0.29) is 18.7 Å². The molecular weight excluding hydrogens is 292 g/mol. The molecule has 1 aliphatic carbocycles. The normalized spacial score (nSPS) is 16.7. The number of aliphatic hydroxyl groups excluding tert-OH is 1. The third-order valence-corrected chi connectivity index (χ3v) is 4.26. The SMILES string of the molecule is O=C(NCCc1ccc(CO)cc1)NC1CCCc2occc21. The fraction of sp³-hybridized carbons (Fsp3) is 0.389. The van der Waals surface area contributed by atoms with Gasteiger partial charge >= 0.3 is 6.03 Å². The summed E-state index contributed by atoms with van der Waals surface area (Å²) in [5.74, 6) is 0.991. The molecule has 5 heteroatoms. The molecule has 0 saturated heterocycles. The van der Waals surface area contributed by atoms with Crippen molar-refractivity contribution in [1.29, 1.82) is 0 Å². The predicted octanol–water partition coefficient (Wildman–Crippen LogP) is 2.69. The Morgan fingerprint density at radius 2 is 2.00 bits per heavy atom. The van der Waals surface area contributed by atoms with Gasteiger partial charge in [-0.25, -0.2) is 4.79 Å². The van der Waals surface area contributed by atoms with Crippen LogP contribution in [0.5, 0.6) is 0 Å². The highest BCUT2D eigenvalue weighted by Crippen LogP contribution is 2.30. The average Bonchev–Trinajstić information content (AvgIpc) is 3.05. The molecule has 1 atom stereocenters. The molecule has 1 aliphatic rings. The topological polar surface area (TPSA) is 74.5 Å². The van der Waals surface area contributed by atoms with Crippen molar-refractivity contribution in [2.24, 2.45) is 0 Å². The van der Waals surface area contributed by atoms with Gasteiger partial charge in [0.05, 0.1) is 18.9 Å². The van der Waals surface area contributed by atoms with E-state index >= 15 is 0 Å². The first-order valence-electron chi connectivity index (χ1n) is 8.05. The van der Waals surface area contributed by atoms with Gasteiger partial charge in [-0.15, -0.1) is 0 Å². The molecule has 0 aliphatic heterocycles. The lowest BCUT2D eigenvalue weighted by Crippen LogP contribution is -2.39. The highest BCUT2D eigenvalue weighted by atomic mass is 16.3. The van der Waals surface area contributed by atoms with E-state index in [0.29, 0.717) is 6.54 Å². The molecule has 5 nitrogen and oxygen atoms in total. The summed E-state index contributed by atoms with van der Waals surface area (Å²) >= 11 is 0. The van der Waals surface area contributed by atoms with Gasteiger partial charge in [0, 0.05) is 18.5 Å². The smallest absolute Gasteiger partial charge is 0.315 e. The minimum atomic E-state index is -0.143. The summed E-state index contributed by atoms with van der Waals surface area (Å²) in [7, 11) is 0. The summed E-state index contributed by atoms with van der Waals surface area (Å²) in [6.07, 6.45) is 5.39. The number of furan rings is 1. The van der Waals surface area contributed by atoms with Crippen molar-refractivity contribution in [3.63, 3.8) is 0 Å². The molecule has 0 bridgehead atoms. The first-order chi connectivity index (χ1) is 11.3. The lowest BCUT2D eigenvalue weighted by atomic mass is 9.93. The second-order valence-corrected chi connectivity index (χ2v) is 5.87. The standard InChI is InChI=1S/C18H22N2O3/c21-12-14-6-4-13(5-7-14)8-10-19-18(22)20-16-2-1-3-17-15(16)9-11-23-17/h4-7,9,11,16,21H,1-3,8,10,12H2,(H2,19,20,22). The van der Waals surface area contributed by atoms with Gasteiger partial charge in [0.25, 0.3) is 0 Å². The molecule has 0 saturated carbocycles. The molecule has 2 aromatic rings. The van der Waals surface area contributed by atoms with Gasteiger partial charge in [-0.2, -0.15) is 0 Å². The maximum Gasteiger partial charge on any atom is 0.315 e. The zero-order chi connectivity index (χ0) is 16.1. The zero-order valence-electron chi connectivity index (χ0n) is 13.0. The van der Waals surface area contributed by atoms with E-state index in [4.69, 9.17) is 9.52 Å². The molecule has 2 amide bonds. The maximum absolute atomic E-state index is 12.0. The molecular formula is C18H22N2O3. The Morgan fingerprint density at radius 3 is 2.78 bits per heavy atom. The number of urea groups is 1. The number of carbonyl (C=O) groups excluding carboxylic acids is 1. The van der Waals surface area contributed by atoms with Crippen molar-refractivity contribution in [1.82, 2.24) is 10.6 Å². The molecule has 0 fully saturated rings. The van der Waals surface area contributed by atoms with Crippen LogP contribution in [0.4, 0.5) is 4.79 Å². The number of hydrogen-bond donors (Lipinski definition) is 3. The summed E-state index contributed by atoms with van der Waals surface area (Å²) in [4.78, 5) is 12.0. The first-order valence-corrected chi connectivity index (χ1v) is 8.05. The van der Waals surface area contributed by atoms with Crippen molar-refractivity contribution in [2.75, 3.05) is 6.54 Å². The lowest BCUT2D eigenvalue weighted by Gasteiger charge is -2.22. The van der Waals surface area contributed by atoms with Crippen LogP contribution >= 0.6 is 0 Å². The van der Waals surface area contributed by atoms with Crippen molar-refractivity contribution in [2.45, 2.75) is 38.3 Å². The number of amides is 2. The molecule has 1 heterocycles. The van der Waals surface area contributed by atoms with Crippen molar-refractivity contribution >= 4 is 6.03 Å². The molecule has 23 heavy (non-hydrogen) atoms. The molecule has 3 rings (SSSR count). The predicted molar refractivity (Wildman–Crippen MR) is 87.0 cm³/mol. The van der Waals surface area contributed by atoms with Crippen LogP contribution in [-0.4, -0.2) is 17.7 Å². The van der Waals surface area contributed by atoms with Gasteiger partial charge in [-0.3, -0.25) is 0 Å². The van der Waals surface area contributed by atoms with Crippen LogP contribution in [0, 0.1) is 0 Å². The Kier molecular flexibility index (Phi) is 4.98. The molecule has 122 valence electrons. The second kappa shape index (κ2) is 7.33. The molecule has 0 spiro atoms. The molecule has 3 N–H and O–H groups in total. The summed E-state index contributed by atoms with van der Waals surface area (Å²) < 4.78 is 5.44. The Labute approximate surface area is 135 Å². The monoisotopic (exact) mass is 314 g/mol. The largest absolute Gasteiger partial charge is 0.469 e. The number of benzene rings is 1. The number of nitrogens with one attached hydrogen (secondary N) is 2. The van der Waals surface area contributed by atoms with E-state index in [1.165, 1.54) is 0 Å². The Morgan fingerprint density at radius 1 is 1.22 bits per heavy atom. The number of fused-ring (bicyclic) bond motifs is 1. The minimum absolute atomic E-state index is 0.0429. The van der Waals surface area contributed by atoms with Crippen LogP contribution < -0.4 is 10.6 Å². The van der Waals surface area contributed by atoms with Gasteiger partial charge < -0.3 is 20.2 Å². The third-order valence-electron chi connectivity index (χ3n) is 4.26. The van der Waals surface area contributed by atoms with E-state index < -0.39 is 0 Å². The lowest BCUT2D eigenvalue weighted by molar-refractivity contribution is 0.235. The van der Waals surface area contributed by atoms with Gasteiger partial charge in [0.2, 0.25) is 0 Å². The van der Waals surface area contributed by atoms with E-state index in [0.717, 1.165) is 48.1 Å². The fourth-order valence-electron chi connectivity index (χ4n) is 2.98. The third kappa shape index (κ3) is 3.93. The number of carbonyl (C=O) groups is 1. The number of hydrogen-bond acceptors (Lipinski definition) is 3. The van der Waals surface area contributed by atoms with E-state index in [1.807, 2.05) is 30.3 Å². The van der Waals surface area contributed by atoms with E-state index in [2.05, 4.69) is 10.6 Å². The van der Waals surface area contributed by atoms with Crippen LogP contribution in [0.2, 0.25) is 0 Å². The van der Waals surface area contributed by atoms with E-state index in [9.17, 15) is 4.79 Å². The number of aryl methyl sites for hydroxylation is 1. The van der Waals surface area contributed by atoms with Crippen molar-refractivity contribution in [3.8, 4) is 0 Å². The highest BCUT2D eigenvalue weighted by molar-refractivity contribution is 5.74. The fourth-order valence-corrected chi connectivity index (χ4v) is 2.98. The quantitative estimate of drug-likeness (QED) is 0.794. The van der Waals surface area contributed by atoms with Crippen molar-refractivity contribution < 1.29 is 14.3 Å². The average molecular weight is 314 g/mol.